The number of aromatic nitrogens is 3. The van der Waals surface area contributed by atoms with Crippen molar-refractivity contribution < 1.29 is 99.3 Å². The number of rotatable bonds is 44. The van der Waals surface area contributed by atoms with Crippen LogP contribution in [0.3, 0.4) is 0 Å². The molecule has 9 atom stereocenters. The number of sulfonamides is 1. The molecule has 7 aromatic rings. The third kappa shape index (κ3) is 26.4. The lowest BCUT2D eigenvalue weighted by Crippen LogP contribution is -2.58. The molecule has 0 bridgehead atoms. The van der Waals surface area contributed by atoms with Crippen molar-refractivity contribution in [3.05, 3.63) is 170 Å². The highest BCUT2D eigenvalue weighted by molar-refractivity contribution is 7.92. The first-order valence-corrected chi connectivity index (χ1v) is 47.1. The first-order chi connectivity index (χ1) is 66.0. The summed E-state index contributed by atoms with van der Waals surface area (Å²) in [5, 5.41) is 39.7. The lowest BCUT2D eigenvalue weighted by molar-refractivity contribution is -0.191. The first-order valence-electron chi connectivity index (χ1n) is 45.6. The number of aliphatic carboxylic acids is 1. The van der Waals surface area contributed by atoms with Crippen LogP contribution in [0.25, 0.3) is 22.3 Å². The maximum Gasteiger partial charge on any atom is 0.355 e. The molecule has 3 aromatic heterocycles. The van der Waals surface area contributed by atoms with Gasteiger partial charge in [-0.3, -0.25) is 67.3 Å². The van der Waals surface area contributed by atoms with Crippen LogP contribution < -0.4 is 80.2 Å². The van der Waals surface area contributed by atoms with Crippen molar-refractivity contribution in [2.75, 3.05) is 108 Å². The monoisotopic (exact) mass is 1940 g/mol. The Bertz CT molecular complexity index is 6050. The van der Waals surface area contributed by atoms with E-state index < -0.39 is 196 Å². The highest BCUT2D eigenvalue weighted by Crippen LogP contribution is 2.47. The van der Waals surface area contributed by atoms with E-state index in [0.29, 0.717) is 90.3 Å². The zero-order chi connectivity index (χ0) is 101. The molecule has 9 unspecified atom stereocenters. The van der Waals surface area contributed by atoms with Crippen molar-refractivity contribution >= 4 is 133 Å². The lowest BCUT2D eigenvalue weighted by atomic mass is 9.81. The zero-order valence-corrected chi connectivity index (χ0v) is 79.9. The third-order valence-corrected chi connectivity index (χ3v) is 26.1. The molecular formula is C94H119FN22O21S. The standard InChI is InChI=1S/C94H119FN22O21S/c1-12-30-99-91(132)104-59-18-15-20-61(42-59)139(135,136)111-60-19-14-17-56(41-60)68(47-78(122)123)109-93(134)103-58-24-22-57(23-25-58)102-92(133)100-33-35-112(8)36-37-113(9)38-39-114(10)49-77(121)105-71(46-75(97)119)88(129)116-34-16-21-72(116)85(126)110-81(51(3)4)89(130)138-94(13-2)65-43-73-82-63(48-117(73)87(128)64(65)50-137-90(94)131)80-67(27-26-62-52(5)66(95)44-69(106-82)79(62)80)107-84(125)70(45-74(96)118)108-83(124)54(7)115(11)86(127)53(6)101-76(120)40-55-28-31-98-32-29-55/h14-15,17-20,22-25,28-29,31-32,41-44,51,53-54,67-68,70-72,81,111H,12-13,16,21,26-27,30,33-40,45-50H2,1-11H3,(H2,96,118)(H2,97,119)(H,101,120)(H,105,121)(H,107,125)(H,108,124)(H,110,126)(H,122,123)(H2,99,104,132)(H2,100,102,133)(H2,103,109,134). The van der Waals surface area contributed by atoms with Crippen molar-refractivity contribution in [2.45, 2.75) is 185 Å². The van der Waals surface area contributed by atoms with Crippen LogP contribution in [0.15, 0.2) is 119 Å². The van der Waals surface area contributed by atoms with Gasteiger partial charge in [0.15, 0.2) is 0 Å². The average Bonchev–Trinajstić information content (AvgIpc) is 1.54. The molecule has 43 nitrogen and oxygen atoms in total. The van der Waals surface area contributed by atoms with Crippen LogP contribution in [-0.4, -0.2) is 265 Å². The van der Waals surface area contributed by atoms with E-state index in [1.165, 1.54) is 135 Å². The second-order valence-corrected chi connectivity index (χ2v) is 37.1. The van der Waals surface area contributed by atoms with E-state index in [0.717, 1.165) is 4.90 Å². The molecule has 1 aliphatic carbocycles. The number of nitrogens with one attached hydrogen (secondary N) is 12. The molecule has 139 heavy (non-hydrogen) atoms. The summed E-state index contributed by atoms with van der Waals surface area (Å²) < 4.78 is 58.8. The topological polar surface area (TPSA) is 589 Å². The molecule has 0 saturated carbocycles. The van der Waals surface area contributed by atoms with Crippen LogP contribution in [0.1, 0.15) is 150 Å². The fourth-order valence-corrected chi connectivity index (χ4v) is 18.1. The number of primary amides is 2. The number of urea groups is 3. The number of ether oxygens (including phenoxy) is 2. The maximum atomic E-state index is 16.1. The van der Waals surface area contributed by atoms with Crippen LogP contribution in [0.2, 0.25) is 0 Å². The third-order valence-electron chi connectivity index (χ3n) is 24.7. The summed E-state index contributed by atoms with van der Waals surface area (Å²) in [5.74, 6) is -11.8. The Morgan fingerprint density at radius 3 is 1.96 bits per heavy atom. The minimum atomic E-state index is -4.21. The minimum absolute atomic E-state index is 0.00118. The number of carboxylic acid groups (broad SMARTS) is 1. The summed E-state index contributed by atoms with van der Waals surface area (Å²) in [6.07, 6.45) is 2.18. The molecular weight excluding hydrogens is 1820 g/mol. The van der Waals surface area contributed by atoms with Gasteiger partial charge in [-0.25, -0.2) is 41.8 Å². The van der Waals surface area contributed by atoms with Crippen LogP contribution in [0.5, 0.6) is 0 Å². The van der Waals surface area contributed by atoms with Gasteiger partial charge in [0.2, 0.25) is 58.8 Å². The second-order valence-electron chi connectivity index (χ2n) is 35.4. The highest BCUT2D eigenvalue weighted by Gasteiger charge is 2.53. The summed E-state index contributed by atoms with van der Waals surface area (Å²) in [4.78, 5) is 235. The maximum absolute atomic E-state index is 16.1. The molecule has 17 N–H and O–H groups in total. The number of carbonyl (C=O) groups excluding carboxylic acids is 14. The summed E-state index contributed by atoms with van der Waals surface area (Å²) >= 11 is 0. The van der Waals surface area contributed by atoms with Gasteiger partial charge in [0, 0.05) is 117 Å². The number of esters is 2. The lowest BCUT2D eigenvalue weighted by Gasteiger charge is -2.37. The van der Waals surface area contributed by atoms with Crippen LogP contribution in [0.4, 0.5) is 41.5 Å². The molecule has 3 aliphatic heterocycles. The van der Waals surface area contributed by atoms with E-state index in [-0.39, 0.29) is 115 Å². The number of hydrogen-bond donors (Lipinski definition) is 15. The number of amides is 15. The van der Waals surface area contributed by atoms with Crippen molar-refractivity contribution in [3.63, 3.8) is 0 Å². The number of hydrogen-bond acceptors (Lipinski definition) is 25. The van der Waals surface area contributed by atoms with E-state index in [2.05, 4.69) is 68.2 Å². The van der Waals surface area contributed by atoms with Crippen LogP contribution in [0, 0.1) is 18.7 Å². The molecule has 45 heteroatoms. The fraction of sp³-hybridized carbons (Fsp3) is 0.447. The van der Waals surface area contributed by atoms with Crippen LogP contribution >= 0.6 is 0 Å². The number of nitrogens with two attached hydrogens (primary N) is 2. The first kappa shape index (κ1) is 105. The van der Waals surface area contributed by atoms with Gasteiger partial charge < -0.3 is 109 Å². The molecule has 4 aromatic carbocycles. The van der Waals surface area contributed by atoms with Gasteiger partial charge in [-0.1, -0.05) is 45.9 Å². The minimum Gasteiger partial charge on any atom is -0.481 e. The van der Waals surface area contributed by atoms with Crippen molar-refractivity contribution in [1.29, 1.82) is 0 Å². The van der Waals surface area contributed by atoms with Gasteiger partial charge in [-0.2, -0.15) is 0 Å². The number of aryl methyl sites for hydroxylation is 1. The number of fused-ring (bicyclic) bond motifs is 5. The van der Waals surface area contributed by atoms with Gasteiger partial charge in [-0.05, 0) is 187 Å². The summed E-state index contributed by atoms with van der Waals surface area (Å²) in [7, 11) is 2.56. The molecule has 4 aliphatic rings. The SMILES string of the molecule is CCCNC(=O)Nc1cccc(S(=O)(=O)Nc2cccc(C(CC(=O)O)NC(=O)Nc3ccc(NC(=O)NCCN(C)CCN(C)CCN(C)CC(=O)NC(CC(N)=O)C(=O)N4CCCC4C(=O)NC(C(=O)OC4(CC)C(=O)OCc5c4cc4n(c5=O)Cc5c-4nc4cc(F)c(C)c6c4c5C(NC(=O)C(CC(N)=O)NC(=O)C(C)N(C)C(=O)C(C)NC(=O)Cc4ccncc4)CC6)C(C)C)cc3)c2)c1. The number of benzene rings is 4. The predicted octanol–water partition coefficient (Wildman–Crippen LogP) is 3.31. The molecule has 6 heterocycles. The van der Waals surface area contributed by atoms with Crippen molar-refractivity contribution in [1.82, 2.24) is 81.6 Å². The molecule has 15 amide bonds. The van der Waals surface area contributed by atoms with E-state index in [9.17, 15) is 85.4 Å². The number of carbonyl (C=O) groups is 15. The Morgan fingerprint density at radius 1 is 0.676 bits per heavy atom. The number of pyridine rings is 3. The molecule has 1 fully saturated rings. The summed E-state index contributed by atoms with van der Waals surface area (Å²) in [5.41, 5.74) is 12.1. The summed E-state index contributed by atoms with van der Waals surface area (Å²) in [6.45, 7) is 13.2. The Hall–Kier alpha value is -14.6. The second kappa shape index (κ2) is 46.5. The Balaban J connectivity index is 0.649. The Kier molecular flexibility index (Phi) is 35.1. The smallest absolute Gasteiger partial charge is 0.355 e. The Labute approximate surface area is 801 Å². The fourth-order valence-electron chi connectivity index (χ4n) is 17.0. The van der Waals surface area contributed by atoms with E-state index in [1.54, 1.807) is 44.9 Å². The number of cyclic esters (lactones) is 1. The molecule has 744 valence electrons. The Morgan fingerprint density at radius 2 is 1.31 bits per heavy atom. The number of carboxylic acids is 1. The predicted molar refractivity (Wildman–Crippen MR) is 507 cm³/mol. The van der Waals surface area contributed by atoms with Gasteiger partial charge in [0.1, 0.15) is 48.7 Å². The van der Waals surface area contributed by atoms with Gasteiger partial charge >= 0.3 is 36.0 Å². The van der Waals surface area contributed by atoms with Crippen molar-refractivity contribution in [3.8, 4) is 11.4 Å². The molecule has 0 spiro atoms. The van der Waals surface area contributed by atoms with E-state index in [4.69, 9.17) is 25.9 Å². The number of likely N-dealkylation sites (tertiary alicyclic amines) is 1. The largest absolute Gasteiger partial charge is 0.481 e. The van der Waals surface area contributed by atoms with Crippen molar-refractivity contribution in [2.24, 2.45) is 17.4 Å². The zero-order valence-electron chi connectivity index (χ0n) is 79.1. The van der Waals surface area contributed by atoms with Crippen LogP contribution in [-0.2, 0) is 109 Å². The average molecular weight is 1940 g/mol. The van der Waals surface area contributed by atoms with Gasteiger partial charge in [-0.15, -0.1) is 0 Å². The summed E-state index contributed by atoms with van der Waals surface area (Å²) in [6, 6.07) is 11.4. The number of halogens is 1. The normalized spacial score (nSPS) is 16.4. The van der Waals surface area contributed by atoms with Gasteiger partial charge in [0.25, 0.3) is 15.6 Å². The van der Waals surface area contributed by atoms with E-state index >= 15 is 9.18 Å². The number of likely N-dealkylation sites (N-methyl/N-ethyl adjacent to an activating group) is 4. The molecule has 11 rings (SSSR count). The number of anilines is 4. The molecule has 1 saturated heterocycles. The highest BCUT2D eigenvalue weighted by atomic mass is 32.2. The quantitative estimate of drug-likeness (QED) is 0.0244. The van der Waals surface area contributed by atoms with Gasteiger partial charge in [0.05, 0.1) is 78.2 Å². The van der Waals surface area contributed by atoms with E-state index in [1.807, 2.05) is 30.8 Å². The molecule has 0 radical (unpaired) electrons. The number of nitrogens with zero attached hydrogens (tertiary/aromatic N) is 8.